The number of carboxylic acids is 1. The van der Waals surface area contributed by atoms with E-state index < -0.39 is 24.3 Å². The van der Waals surface area contributed by atoms with Crippen LogP contribution in [0.5, 0.6) is 0 Å². The van der Waals surface area contributed by atoms with Gasteiger partial charge in [0.05, 0.1) is 40.3 Å². The third-order valence-electron chi connectivity index (χ3n) is 13.9. The van der Waals surface area contributed by atoms with Crippen molar-refractivity contribution in [2.24, 2.45) is 0 Å². The molecule has 9 nitrogen and oxygen atoms in total. The van der Waals surface area contributed by atoms with Crippen molar-refractivity contribution in [2.75, 3.05) is 47.5 Å². The molecule has 0 aromatic carbocycles. The monoisotopic (exact) mass is 1080 g/mol. The summed E-state index contributed by atoms with van der Waals surface area (Å²) in [5.74, 6) is -2.29. The molecule has 0 amide bonds. The maximum Gasteiger partial charge on any atom is 0.306 e. The van der Waals surface area contributed by atoms with Gasteiger partial charge in [-0.25, -0.2) is 0 Å². The first-order valence-electron chi connectivity index (χ1n) is 32.1. The van der Waals surface area contributed by atoms with Crippen molar-refractivity contribution in [2.45, 2.75) is 296 Å². The fourth-order valence-electron chi connectivity index (χ4n) is 9.03. The van der Waals surface area contributed by atoms with E-state index in [1.165, 1.54) is 173 Å². The lowest BCUT2D eigenvalue weighted by Gasteiger charge is -2.26. The summed E-state index contributed by atoms with van der Waals surface area (Å²) in [6, 6.07) is 0. The number of rotatable bonds is 59. The van der Waals surface area contributed by atoms with Crippen LogP contribution in [0.2, 0.25) is 0 Å². The number of hydrogen-bond donors (Lipinski definition) is 0. The Morgan fingerprint density at radius 1 is 0.403 bits per heavy atom. The Balaban J connectivity index is 4.17. The number of quaternary nitrogens is 1. The summed E-state index contributed by atoms with van der Waals surface area (Å²) in [5, 5.41) is 11.8. The van der Waals surface area contributed by atoms with Gasteiger partial charge in [-0.2, -0.15) is 0 Å². The van der Waals surface area contributed by atoms with Gasteiger partial charge in [0.15, 0.2) is 12.4 Å². The van der Waals surface area contributed by atoms with Gasteiger partial charge in [-0.3, -0.25) is 9.59 Å². The molecular formula is C68H121NO8. The molecule has 0 bridgehead atoms. The lowest BCUT2D eigenvalue weighted by molar-refractivity contribution is -0.870. The van der Waals surface area contributed by atoms with Crippen LogP contribution in [0.25, 0.3) is 0 Å². The molecule has 0 radical (unpaired) electrons. The quantitative estimate of drug-likeness (QED) is 0.0195. The molecule has 0 aromatic heterocycles. The lowest BCUT2D eigenvalue weighted by Crippen LogP contribution is -2.44. The minimum Gasteiger partial charge on any atom is -0.545 e. The highest BCUT2D eigenvalue weighted by Gasteiger charge is 2.22. The zero-order chi connectivity index (χ0) is 56.2. The third kappa shape index (κ3) is 60.2. The molecule has 77 heavy (non-hydrogen) atoms. The van der Waals surface area contributed by atoms with Crippen molar-refractivity contribution >= 4 is 17.9 Å². The van der Waals surface area contributed by atoms with Crippen LogP contribution >= 0.6 is 0 Å². The van der Waals surface area contributed by atoms with Gasteiger partial charge in [-0.15, -0.1) is 0 Å². The maximum absolute atomic E-state index is 12.9. The number of esters is 2. The third-order valence-corrected chi connectivity index (χ3v) is 13.9. The topological polar surface area (TPSA) is 111 Å². The molecule has 0 rings (SSSR count). The number of aliphatic carboxylic acids is 1. The van der Waals surface area contributed by atoms with Gasteiger partial charge < -0.3 is 33.3 Å². The van der Waals surface area contributed by atoms with Crippen LogP contribution in [-0.2, 0) is 33.3 Å². The van der Waals surface area contributed by atoms with Crippen LogP contribution < -0.4 is 5.11 Å². The maximum atomic E-state index is 12.9. The molecule has 0 saturated carbocycles. The molecule has 446 valence electrons. The normalized spacial score (nSPS) is 13.2. The molecule has 0 heterocycles. The zero-order valence-corrected chi connectivity index (χ0v) is 50.8. The molecule has 2 unspecified atom stereocenters. The van der Waals surface area contributed by atoms with Crippen LogP contribution in [0.1, 0.15) is 284 Å². The van der Waals surface area contributed by atoms with Gasteiger partial charge >= 0.3 is 11.9 Å². The predicted octanol–water partition coefficient (Wildman–Crippen LogP) is 18.0. The highest BCUT2D eigenvalue weighted by Crippen LogP contribution is 2.17. The summed E-state index contributed by atoms with van der Waals surface area (Å²) in [7, 11) is 5.92. The Morgan fingerprint density at radius 3 is 1.12 bits per heavy atom. The number of nitrogens with zero attached hydrogens (tertiary/aromatic N) is 1. The van der Waals surface area contributed by atoms with Crippen molar-refractivity contribution in [1.29, 1.82) is 0 Å². The summed E-state index contributed by atoms with van der Waals surface area (Å²) in [5.41, 5.74) is 0. The van der Waals surface area contributed by atoms with E-state index in [9.17, 15) is 19.5 Å². The number of carboxylic acid groups (broad SMARTS) is 1. The largest absolute Gasteiger partial charge is 0.545 e. The fourth-order valence-corrected chi connectivity index (χ4v) is 9.03. The molecule has 0 spiro atoms. The van der Waals surface area contributed by atoms with Gasteiger partial charge in [-0.1, -0.05) is 260 Å². The van der Waals surface area contributed by atoms with Gasteiger partial charge in [0.2, 0.25) is 0 Å². The van der Waals surface area contributed by atoms with E-state index in [2.05, 4.69) is 86.8 Å². The van der Waals surface area contributed by atoms with Crippen LogP contribution in [-0.4, -0.2) is 82.3 Å². The van der Waals surface area contributed by atoms with Crippen molar-refractivity contribution in [3.8, 4) is 0 Å². The highest BCUT2D eigenvalue weighted by molar-refractivity contribution is 5.70. The standard InChI is InChI=1S/C68H121NO8/c1-6-8-10-12-14-16-18-20-22-24-26-28-30-31-32-33-34-35-37-38-40-42-44-46-48-50-52-54-56-58-65(70)75-62-64(63-76-68(67(72)73)74-61-60-69(3,4)5)77-66(71)59-57-55-53-51-49-47-45-43-41-39-36-29-27-25-23-21-19-17-15-13-11-9-7-2/h9,11,15,17,21,23-24,26-27,29,39,41,64,68H,6-8,10,12-14,16,18-20,22,25,28,30-38,40,42-63H2,1-5H3/b11-9-,17-15-,23-21-,26-24-,29-27-,41-39-. The first-order chi connectivity index (χ1) is 37.6. The molecule has 0 aliphatic heterocycles. The molecule has 0 aromatic rings. The van der Waals surface area contributed by atoms with Crippen LogP contribution in [0, 0.1) is 0 Å². The van der Waals surface area contributed by atoms with Crippen molar-refractivity contribution in [3.05, 3.63) is 72.9 Å². The number of carbonyl (C=O) groups is 3. The number of hydrogen-bond acceptors (Lipinski definition) is 8. The van der Waals surface area contributed by atoms with Crippen LogP contribution in [0.3, 0.4) is 0 Å². The molecule has 0 fully saturated rings. The number of unbranched alkanes of at least 4 members (excludes halogenated alkanes) is 32. The molecular weight excluding hydrogens is 959 g/mol. The Morgan fingerprint density at radius 2 is 0.740 bits per heavy atom. The molecule has 0 aliphatic carbocycles. The van der Waals surface area contributed by atoms with Crippen molar-refractivity contribution in [3.63, 3.8) is 0 Å². The number of allylic oxidation sites excluding steroid dienone is 12. The second-order valence-electron chi connectivity index (χ2n) is 22.7. The summed E-state index contributed by atoms with van der Waals surface area (Å²) in [6.45, 7) is 4.65. The molecule has 0 N–H and O–H groups in total. The lowest BCUT2D eigenvalue weighted by atomic mass is 10.0. The van der Waals surface area contributed by atoms with Gasteiger partial charge in [0, 0.05) is 12.8 Å². The summed E-state index contributed by atoms with van der Waals surface area (Å²) < 4.78 is 22.7. The first-order valence-corrected chi connectivity index (χ1v) is 32.1. The van der Waals surface area contributed by atoms with Crippen molar-refractivity contribution < 1.29 is 42.9 Å². The van der Waals surface area contributed by atoms with E-state index in [1.807, 2.05) is 21.1 Å². The van der Waals surface area contributed by atoms with Crippen molar-refractivity contribution in [1.82, 2.24) is 0 Å². The second kappa shape index (κ2) is 58.9. The average Bonchev–Trinajstić information content (AvgIpc) is 3.40. The smallest absolute Gasteiger partial charge is 0.306 e. The van der Waals surface area contributed by atoms with Crippen LogP contribution in [0.4, 0.5) is 0 Å². The Kier molecular flexibility index (Phi) is 56.4. The van der Waals surface area contributed by atoms with E-state index >= 15 is 0 Å². The summed E-state index contributed by atoms with van der Waals surface area (Å²) in [4.78, 5) is 37.4. The fraction of sp³-hybridized carbons (Fsp3) is 0.779. The number of carbonyl (C=O) groups excluding carboxylic acids is 3. The predicted molar refractivity (Wildman–Crippen MR) is 325 cm³/mol. The zero-order valence-electron chi connectivity index (χ0n) is 50.8. The Hall–Kier alpha value is -3.27. The first kappa shape index (κ1) is 73.7. The van der Waals surface area contributed by atoms with E-state index in [4.69, 9.17) is 18.9 Å². The van der Waals surface area contributed by atoms with Gasteiger partial charge in [-0.05, 0) is 83.5 Å². The number of ether oxygens (including phenoxy) is 4. The van der Waals surface area contributed by atoms with Crippen LogP contribution in [0.15, 0.2) is 72.9 Å². The minimum absolute atomic E-state index is 0.143. The SMILES string of the molecule is CC/C=C\C/C=C\C/C=C\C/C=C\C/C=C\CCCCCCCCCC(=O)OC(COC(=O)CCCCCCCCCCCCCCCCCCC/C=C\CCCCCCCCCC)COC(OCC[N+](C)(C)C)C(=O)[O-]. The van der Waals surface area contributed by atoms with Gasteiger partial charge in [0.25, 0.3) is 0 Å². The van der Waals surface area contributed by atoms with Gasteiger partial charge in [0.1, 0.15) is 13.2 Å². The Bertz CT molecular complexity index is 1490. The van der Waals surface area contributed by atoms with E-state index in [-0.39, 0.29) is 38.6 Å². The summed E-state index contributed by atoms with van der Waals surface area (Å²) >= 11 is 0. The minimum atomic E-state index is -1.63. The summed E-state index contributed by atoms with van der Waals surface area (Å²) in [6.07, 6.45) is 73.9. The van der Waals surface area contributed by atoms with E-state index in [1.54, 1.807) is 0 Å². The molecule has 0 saturated heterocycles. The molecule has 9 heteroatoms. The second-order valence-corrected chi connectivity index (χ2v) is 22.7. The van der Waals surface area contributed by atoms with E-state index in [0.717, 1.165) is 77.0 Å². The number of likely N-dealkylation sites (N-methyl/N-ethyl adjacent to an activating group) is 1. The average molecular weight is 1080 g/mol. The molecule has 0 aliphatic rings. The Labute approximate surface area is 475 Å². The molecule has 2 atom stereocenters. The highest BCUT2D eigenvalue weighted by atomic mass is 16.7. The van der Waals surface area contributed by atoms with E-state index in [0.29, 0.717) is 17.4 Å².